The molecule has 1 amide bonds. The van der Waals surface area contributed by atoms with Crippen LogP contribution in [0.15, 0.2) is 0 Å². The molecule has 0 aromatic rings. The number of carbonyl (C=O) groups is 1. The summed E-state index contributed by atoms with van der Waals surface area (Å²) >= 11 is 2.32. The van der Waals surface area contributed by atoms with Crippen LogP contribution in [0.5, 0.6) is 0 Å². The third-order valence-electron chi connectivity index (χ3n) is 2.79. The van der Waals surface area contributed by atoms with E-state index in [0.29, 0.717) is 13.1 Å². The summed E-state index contributed by atoms with van der Waals surface area (Å²) in [5.74, 6) is 0. The maximum atomic E-state index is 12.2. The molecule has 4 nitrogen and oxygen atoms in total. The van der Waals surface area contributed by atoms with Crippen molar-refractivity contribution in [2.45, 2.75) is 65.6 Å². The van der Waals surface area contributed by atoms with E-state index < -0.39 is 5.60 Å². The van der Waals surface area contributed by atoms with Gasteiger partial charge >= 0.3 is 6.09 Å². The second-order valence-corrected chi connectivity index (χ2v) is 7.04. The van der Waals surface area contributed by atoms with Gasteiger partial charge in [-0.1, -0.05) is 35.9 Å². The van der Waals surface area contributed by atoms with Gasteiger partial charge in [-0.3, -0.25) is 0 Å². The van der Waals surface area contributed by atoms with Gasteiger partial charge in [0, 0.05) is 17.6 Å². The Balaban J connectivity index is 4.60. The summed E-state index contributed by atoms with van der Waals surface area (Å²) in [6.45, 7) is 13.7. The van der Waals surface area contributed by atoms with E-state index in [2.05, 4.69) is 36.4 Å². The summed E-state index contributed by atoms with van der Waals surface area (Å²) < 4.78 is 12.3. The minimum atomic E-state index is -0.464. The number of hydrogen-bond donors (Lipinski definition) is 0. The summed E-state index contributed by atoms with van der Waals surface area (Å²) in [6, 6.07) is 0. The van der Waals surface area contributed by atoms with Crippen molar-refractivity contribution < 1.29 is 14.3 Å². The van der Waals surface area contributed by atoms with E-state index in [1.807, 2.05) is 27.7 Å². The lowest BCUT2D eigenvalue weighted by atomic mass is 10.1. The first-order valence-electron chi connectivity index (χ1n) is 7.35. The summed E-state index contributed by atoms with van der Waals surface area (Å²) in [5.41, 5.74) is -0.781. The van der Waals surface area contributed by atoms with Crippen molar-refractivity contribution in [1.29, 1.82) is 0 Å². The maximum Gasteiger partial charge on any atom is 0.410 e. The predicted octanol–water partition coefficient (Wildman–Crippen LogP) is 4.25. The highest BCUT2D eigenvalue weighted by Gasteiger charge is 2.30. The largest absolute Gasteiger partial charge is 0.444 e. The van der Waals surface area contributed by atoms with Gasteiger partial charge in [0.05, 0.1) is 12.1 Å². The van der Waals surface area contributed by atoms with Crippen LogP contribution in [0.2, 0.25) is 0 Å². The number of hydrogen-bond acceptors (Lipinski definition) is 3. The van der Waals surface area contributed by atoms with Crippen LogP contribution in [0.3, 0.4) is 0 Å². The molecule has 0 spiro atoms. The number of likely N-dealkylation sites (N-methyl/N-ethyl adjacent to an activating group) is 1. The molecular formula is C15H30INO3. The SMILES string of the molecule is CCCCOC(C)(CI)CN(CC)C(=O)OC(C)(C)C. The first kappa shape index (κ1) is 20.0. The van der Waals surface area contributed by atoms with E-state index in [1.165, 1.54) is 0 Å². The summed E-state index contributed by atoms with van der Waals surface area (Å²) in [7, 11) is 0. The quantitative estimate of drug-likeness (QED) is 0.348. The van der Waals surface area contributed by atoms with Gasteiger partial charge in [0.1, 0.15) is 5.60 Å². The smallest absolute Gasteiger partial charge is 0.410 e. The van der Waals surface area contributed by atoms with E-state index in [4.69, 9.17) is 9.47 Å². The Hall–Kier alpha value is -0.0400. The molecule has 0 fully saturated rings. The number of alkyl halides is 1. The molecule has 0 aliphatic carbocycles. The van der Waals surface area contributed by atoms with Gasteiger partial charge in [0.25, 0.3) is 0 Å². The first-order chi connectivity index (χ1) is 9.17. The summed E-state index contributed by atoms with van der Waals surface area (Å²) in [6.07, 6.45) is 1.89. The molecule has 0 rings (SSSR count). The van der Waals surface area contributed by atoms with E-state index in [1.54, 1.807) is 4.90 Å². The van der Waals surface area contributed by atoms with Gasteiger partial charge < -0.3 is 14.4 Å². The average molecular weight is 399 g/mol. The highest BCUT2D eigenvalue weighted by Crippen LogP contribution is 2.19. The van der Waals surface area contributed by atoms with E-state index in [-0.39, 0.29) is 11.7 Å². The summed E-state index contributed by atoms with van der Waals surface area (Å²) in [5, 5.41) is 0. The minimum absolute atomic E-state index is 0.268. The number of carbonyl (C=O) groups excluding carboxylic acids is 1. The van der Waals surface area contributed by atoms with E-state index in [0.717, 1.165) is 23.9 Å². The highest BCUT2D eigenvalue weighted by molar-refractivity contribution is 14.1. The molecule has 1 atom stereocenters. The predicted molar refractivity (Wildman–Crippen MR) is 91.6 cm³/mol. The average Bonchev–Trinajstić information content (AvgIpc) is 2.34. The normalized spacial score (nSPS) is 14.8. The van der Waals surface area contributed by atoms with Crippen molar-refractivity contribution in [1.82, 2.24) is 4.90 Å². The molecule has 0 N–H and O–H groups in total. The van der Waals surface area contributed by atoms with Crippen LogP contribution in [0.4, 0.5) is 4.79 Å². The minimum Gasteiger partial charge on any atom is -0.444 e. The Morgan fingerprint density at radius 1 is 1.20 bits per heavy atom. The molecule has 1 unspecified atom stereocenters. The molecule has 0 radical (unpaired) electrons. The van der Waals surface area contributed by atoms with Crippen LogP contribution < -0.4 is 0 Å². The number of amides is 1. The van der Waals surface area contributed by atoms with Crippen molar-refractivity contribution in [3.05, 3.63) is 0 Å². The second kappa shape index (κ2) is 9.07. The third-order valence-corrected chi connectivity index (χ3v) is 4.40. The monoisotopic (exact) mass is 399 g/mol. The molecular weight excluding hydrogens is 369 g/mol. The van der Waals surface area contributed by atoms with Crippen LogP contribution in [0, 0.1) is 0 Å². The zero-order valence-corrected chi connectivity index (χ0v) is 16.0. The zero-order valence-electron chi connectivity index (χ0n) is 13.8. The van der Waals surface area contributed by atoms with Gasteiger partial charge in [0.2, 0.25) is 0 Å². The van der Waals surface area contributed by atoms with Crippen LogP contribution in [0.1, 0.15) is 54.4 Å². The first-order valence-corrected chi connectivity index (χ1v) is 8.88. The number of rotatable bonds is 8. The lowest BCUT2D eigenvalue weighted by Crippen LogP contribution is -2.48. The molecule has 0 bridgehead atoms. The molecule has 0 aromatic carbocycles. The lowest BCUT2D eigenvalue weighted by molar-refractivity contribution is -0.0421. The van der Waals surface area contributed by atoms with Gasteiger partial charge in [-0.05, 0) is 41.0 Å². The van der Waals surface area contributed by atoms with Crippen molar-refractivity contribution in [3.63, 3.8) is 0 Å². The fraction of sp³-hybridized carbons (Fsp3) is 0.933. The van der Waals surface area contributed by atoms with Crippen LogP contribution in [-0.2, 0) is 9.47 Å². The Morgan fingerprint density at radius 3 is 2.20 bits per heavy atom. The molecule has 20 heavy (non-hydrogen) atoms. The molecule has 0 aliphatic rings. The van der Waals surface area contributed by atoms with Crippen molar-refractivity contribution in [2.75, 3.05) is 24.1 Å². The van der Waals surface area contributed by atoms with Crippen LogP contribution in [-0.4, -0.2) is 46.3 Å². The van der Waals surface area contributed by atoms with Gasteiger partial charge in [0.15, 0.2) is 0 Å². The Morgan fingerprint density at radius 2 is 1.80 bits per heavy atom. The van der Waals surface area contributed by atoms with E-state index >= 15 is 0 Å². The van der Waals surface area contributed by atoms with Crippen LogP contribution >= 0.6 is 22.6 Å². The Bertz CT molecular complexity index is 291. The maximum absolute atomic E-state index is 12.2. The molecule has 0 saturated heterocycles. The number of ether oxygens (including phenoxy) is 2. The molecule has 0 heterocycles. The highest BCUT2D eigenvalue weighted by atomic mass is 127. The third kappa shape index (κ3) is 8.29. The second-order valence-electron chi connectivity index (χ2n) is 6.28. The topological polar surface area (TPSA) is 38.8 Å². The zero-order chi connectivity index (χ0) is 15.8. The fourth-order valence-electron chi connectivity index (χ4n) is 1.63. The molecule has 0 saturated carbocycles. The number of halogens is 1. The van der Waals surface area contributed by atoms with Gasteiger partial charge in [-0.2, -0.15) is 0 Å². The fourth-order valence-corrected chi connectivity index (χ4v) is 2.09. The summed E-state index contributed by atoms with van der Waals surface area (Å²) in [4.78, 5) is 13.9. The number of unbranched alkanes of at least 4 members (excludes halogenated alkanes) is 1. The van der Waals surface area contributed by atoms with Crippen molar-refractivity contribution in [3.8, 4) is 0 Å². The molecule has 5 heteroatoms. The number of nitrogens with zero attached hydrogens (tertiary/aromatic N) is 1. The lowest BCUT2D eigenvalue weighted by Gasteiger charge is -2.35. The van der Waals surface area contributed by atoms with Crippen molar-refractivity contribution >= 4 is 28.7 Å². The molecule has 0 aliphatic heterocycles. The van der Waals surface area contributed by atoms with Crippen LogP contribution in [0.25, 0.3) is 0 Å². The Kier molecular flexibility index (Phi) is 9.06. The van der Waals surface area contributed by atoms with E-state index in [9.17, 15) is 4.79 Å². The standard InChI is InChI=1S/C15H30INO3/c1-7-9-10-19-15(6,11-16)12-17(8-2)13(18)20-14(3,4)5/h7-12H2,1-6H3. The van der Waals surface area contributed by atoms with Gasteiger partial charge in [-0.15, -0.1) is 0 Å². The van der Waals surface area contributed by atoms with Gasteiger partial charge in [-0.25, -0.2) is 4.79 Å². The molecule has 120 valence electrons. The molecule has 0 aromatic heterocycles. The Labute approximate surface area is 137 Å². The van der Waals surface area contributed by atoms with Crippen molar-refractivity contribution in [2.24, 2.45) is 0 Å².